The summed E-state index contributed by atoms with van der Waals surface area (Å²) < 4.78 is 5.33. The molecule has 0 amide bonds. The lowest BCUT2D eigenvalue weighted by Gasteiger charge is -2.05. The molecule has 0 aromatic heterocycles. The standard InChI is InChI=1S/C6H13NO/c1-7-5-6-3-2-4-8-6/h6-7H,2-5H2,1H3/t6-/m0/s1. The average molecular weight is 115 g/mol. The van der Waals surface area contributed by atoms with Gasteiger partial charge in [0.1, 0.15) is 0 Å². The molecule has 2 heteroatoms. The van der Waals surface area contributed by atoms with E-state index in [0.717, 1.165) is 13.2 Å². The first-order valence-electron chi connectivity index (χ1n) is 3.19. The van der Waals surface area contributed by atoms with Gasteiger partial charge in [-0.25, -0.2) is 0 Å². The first kappa shape index (κ1) is 6.05. The van der Waals surface area contributed by atoms with Gasteiger partial charge in [0.15, 0.2) is 0 Å². The number of rotatable bonds is 2. The van der Waals surface area contributed by atoms with Crippen molar-refractivity contribution in [3.8, 4) is 0 Å². The van der Waals surface area contributed by atoms with E-state index in [1.54, 1.807) is 0 Å². The minimum absolute atomic E-state index is 0.500. The summed E-state index contributed by atoms with van der Waals surface area (Å²) >= 11 is 0. The molecule has 1 saturated heterocycles. The van der Waals surface area contributed by atoms with E-state index < -0.39 is 0 Å². The summed E-state index contributed by atoms with van der Waals surface area (Å²) in [5.41, 5.74) is 0. The second-order valence-corrected chi connectivity index (χ2v) is 2.19. The number of likely N-dealkylation sites (N-methyl/N-ethyl adjacent to an activating group) is 1. The first-order chi connectivity index (χ1) is 3.93. The van der Waals surface area contributed by atoms with Crippen LogP contribution < -0.4 is 5.32 Å². The molecule has 1 fully saturated rings. The van der Waals surface area contributed by atoms with E-state index in [1.165, 1.54) is 12.8 Å². The van der Waals surface area contributed by atoms with Gasteiger partial charge in [-0.2, -0.15) is 0 Å². The van der Waals surface area contributed by atoms with Gasteiger partial charge >= 0.3 is 0 Å². The van der Waals surface area contributed by atoms with E-state index in [1.807, 2.05) is 7.05 Å². The Morgan fingerprint density at radius 1 is 1.75 bits per heavy atom. The van der Waals surface area contributed by atoms with Gasteiger partial charge in [0.25, 0.3) is 0 Å². The lowest BCUT2D eigenvalue weighted by molar-refractivity contribution is 0.112. The highest BCUT2D eigenvalue weighted by Gasteiger charge is 2.12. The normalized spacial score (nSPS) is 28.9. The molecule has 1 N–H and O–H groups in total. The van der Waals surface area contributed by atoms with Crippen LogP contribution in [0.25, 0.3) is 0 Å². The molecule has 1 aliphatic heterocycles. The van der Waals surface area contributed by atoms with Gasteiger partial charge < -0.3 is 10.1 Å². The van der Waals surface area contributed by atoms with Crippen molar-refractivity contribution in [2.45, 2.75) is 18.9 Å². The van der Waals surface area contributed by atoms with Crippen molar-refractivity contribution in [2.75, 3.05) is 20.2 Å². The van der Waals surface area contributed by atoms with Gasteiger partial charge in [0, 0.05) is 13.2 Å². The van der Waals surface area contributed by atoms with Crippen LogP contribution in [0.4, 0.5) is 0 Å². The Labute approximate surface area is 50.2 Å². The fourth-order valence-electron chi connectivity index (χ4n) is 1.03. The Morgan fingerprint density at radius 3 is 3.12 bits per heavy atom. The Hall–Kier alpha value is -0.0800. The zero-order valence-electron chi connectivity index (χ0n) is 5.31. The lowest BCUT2D eigenvalue weighted by atomic mass is 10.2. The number of ether oxygens (including phenoxy) is 1. The average Bonchev–Trinajstić information content (AvgIpc) is 2.19. The van der Waals surface area contributed by atoms with Crippen LogP contribution in [0.5, 0.6) is 0 Å². The van der Waals surface area contributed by atoms with E-state index in [0.29, 0.717) is 6.10 Å². The van der Waals surface area contributed by atoms with E-state index in [9.17, 15) is 0 Å². The molecule has 1 heterocycles. The maximum Gasteiger partial charge on any atom is 0.0700 e. The summed E-state index contributed by atoms with van der Waals surface area (Å²) in [4.78, 5) is 0. The molecule has 1 atom stereocenters. The Balaban J connectivity index is 2.06. The SMILES string of the molecule is CNC[C@@H]1CCCO1. The van der Waals surface area contributed by atoms with Crippen molar-refractivity contribution in [3.05, 3.63) is 0 Å². The molecule has 0 bridgehead atoms. The van der Waals surface area contributed by atoms with Crippen molar-refractivity contribution in [1.82, 2.24) is 5.32 Å². The van der Waals surface area contributed by atoms with E-state index in [-0.39, 0.29) is 0 Å². The van der Waals surface area contributed by atoms with Crippen LogP contribution in [0.2, 0.25) is 0 Å². The highest BCUT2D eigenvalue weighted by atomic mass is 16.5. The van der Waals surface area contributed by atoms with Crippen molar-refractivity contribution >= 4 is 0 Å². The van der Waals surface area contributed by atoms with Crippen molar-refractivity contribution in [1.29, 1.82) is 0 Å². The quantitative estimate of drug-likeness (QED) is 0.562. The molecule has 0 aromatic carbocycles. The zero-order chi connectivity index (χ0) is 5.82. The van der Waals surface area contributed by atoms with E-state index in [2.05, 4.69) is 5.32 Å². The summed E-state index contributed by atoms with van der Waals surface area (Å²) in [6.45, 7) is 1.98. The first-order valence-corrected chi connectivity index (χ1v) is 3.19. The summed E-state index contributed by atoms with van der Waals surface area (Å²) in [6.07, 6.45) is 2.98. The van der Waals surface area contributed by atoms with Crippen LogP contribution in [0.3, 0.4) is 0 Å². The van der Waals surface area contributed by atoms with Gasteiger partial charge in [-0.15, -0.1) is 0 Å². The largest absolute Gasteiger partial charge is 0.377 e. The molecular weight excluding hydrogens is 102 g/mol. The molecule has 2 nitrogen and oxygen atoms in total. The second kappa shape index (κ2) is 3.05. The van der Waals surface area contributed by atoms with Gasteiger partial charge in [-0.1, -0.05) is 0 Å². The van der Waals surface area contributed by atoms with Crippen LogP contribution >= 0.6 is 0 Å². The van der Waals surface area contributed by atoms with Gasteiger partial charge in [0.2, 0.25) is 0 Å². The minimum Gasteiger partial charge on any atom is -0.377 e. The number of hydrogen-bond acceptors (Lipinski definition) is 2. The third kappa shape index (κ3) is 1.46. The topological polar surface area (TPSA) is 21.3 Å². The Kier molecular flexibility index (Phi) is 2.30. The van der Waals surface area contributed by atoms with Gasteiger partial charge in [-0.3, -0.25) is 0 Å². The lowest BCUT2D eigenvalue weighted by Crippen LogP contribution is -2.22. The van der Waals surface area contributed by atoms with Gasteiger partial charge in [-0.05, 0) is 19.9 Å². The highest BCUT2D eigenvalue weighted by molar-refractivity contribution is 4.65. The summed E-state index contributed by atoms with van der Waals surface area (Å²) in [7, 11) is 1.96. The zero-order valence-corrected chi connectivity index (χ0v) is 5.31. The predicted octanol–water partition coefficient (Wildman–Crippen LogP) is 0.385. The minimum atomic E-state index is 0.500. The van der Waals surface area contributed by atoms with Crippen LogP contribution in [0, 0.1) is 0 Å². The Morgan fingerprint density at radius 2 is 2.62 bits per heavy atom. The highest BCUT2D eigenvalue weighted by Crippen LogP contribution is 2.09. The molecule has 0 spiro atoms. The molecular formula is C6H13NO. The van der Waals surface area contributed by atoms with Gasteiger partial charge in [0.05, 0.1) is 6.10 Å². The van der Waals surface area contributed by atoms with Crippen LogP contribution in [-0.2, 0) is 4.74 Å². The van der Waals surface area contributed by atoms with Crippen LogP contribution in [0.15, 0.2) is 0 Å². The van der Waals surface area contributed by atoms with E-state index in [4.69, 9.17) is 4.74 Å². The fourth-order valence-corrected chi connectivity index (χ4v) is 1.03. The third-order valence-electron chi connectivity index (χ3n) is 1.46. The van der Waals surface area contributed by atoms with E-state index >= 15 is 0 Å². The molecule has 0 radical (unpaired) electrons. The molecule has 0 aromatic rings. The molecule has 1 rings (SSSR count). The third-order valence-corrected chi connectivity index (χ3v) is 1.46. The molecule has 1 aliphatic rings. The van der Waals surface area contributed by atoms with Crippen molar-refractivity contribution in [2.24, 2.45) is 0 Å². The monoisotopic (exact) mass is 115 g/mol. The van der Waals surface area contributed by atoms with Crippen molar-refractivity contribution in [3.63, 3.8) is 0 Å². The fraction of sp³-hybridized carbons (Fsp3) is 1.00. The summed E-state index contributed by atoms with van der Waals surface area (Å²) in [5.74, 6) is 0. The molecule has 0 aliphatic carbocycles. The molecule has 8 heavy (non-hydrogen) atoms. The molecule has 48 valence electrons. The molecule has 0 saturated carbocycles. The summed E-state index contributed by atoms with van der Waals surface area (Å²) in [5, 5.41) is 3.08. The number of hydrogen-bond donors (Lipinski definition) is 1. The second-order valence-electron chi connectivity index (χ2n) is 2.19. The maximum atomic E-state index is 5.33. The maximum absolute atomic E-state index is 5.33. The summed E-state index contributed by atoms with van der Waals surface area (Å²) in [6, 6.07) is 0. The number of nitrogens with one attached hydrogen (secondary N) is 1. The smallest absolute Gasteiger partial charge is 0.0700 e. The molecule has 0 unspecified atom stereocenters. The van der Waals surface area contributed by atoms with Crippen LogP contribution in [0.1, 0.15) is 12.8 Å². The van der Waals surface area contributed by atoms with Crippen molar-refractivity contribution < 1.29 is 4.74 Å². The Bertz CT molecular complexity index is 59.5. The predicted molar refractivity (Wildman–Crippen MR) is 32.9 cm³/mol. The van der Waals surface area contributed by atoms with Crippen LogP contribution in [-0.4, -0.2) is 26.3 Å².